The number of nitrogens with zero attached hydrogens (tertiary/aromatic N) is 4. The van der Waals surface area contributed by atoms with Crippen molar-refractivity contribution in [2.24, 2.45) is 0 Å². The number of aromatic nitrogens is 2. The van der Waals surface area contributed by atoms with Gasteiger partial charge in [-0.25, -0.2) is 14.8 Å². The Morgan fingerprint density at radius 1 is 1.30 bits per heavy atom. The number of pyridine rings is 2. The topological polar surface area (TPSA) is 108 Å². The Hall–Kier alpha value is -3.36. The van der Waals surface area contributed by atoms with Crippen molar-refractivity contribution in [3.63, 3.8) is 0 Å². The molecular formula is C24H31N5O4. The molecule has 33 heavy (non-hydrogen) atoms. The van der Waals surface area contributed by atoms with Crippen LogP contribution in [0.3, 0.4) is 0 Å². The number of hydrogen-bond acceptors (Lipinski definition) is 6. The van der Waals surface area contributed by atoms with E-state index in [-0.39, 0.29) is 12.5 Å². The van der Waals surface area contributed by atoms with Gasteiger partial charge in [-0.1, -0.05) is 12.1 Å². The molecule has 2 N–H and O–H groups in total. The maximum absolute atomic E-state index is 13.1. The van der Waals surface area contributed by atoms with E-state index in [0.29, 0.717) is 37.1 Å². The standard InChI is InChI=1S/C24H31N5O4/c1-16-5-6-17-7-9-19(27-23(17)26-16)4-3-11-28-12-13-29(24(28)32)20(14-22(30)31)18-8-10-21(33-2)25-15-18/h7-10,15-16,20H,3-6,11-14H2,1-2H3,(H,26,27)(H,30,31)/t16-,20-/m0/s1. The van der Waals surface area contributed by atoms with Crippen LogP contribution in [0.4, 0.5) is 10.6 Å². The van der Waals surface area contributed by atoms with Crippen LogP contribution in [0.25, 0.3) is 0 Å². The van der Waals surface area contributed by atoms with Gasteiger partial charge in [0.1, 0.15) is 5.82 Å². The van der Waals surface area contributed by atoms with E-state index in [2.05, 4.69) is 29.4 Å². The Balaban J connectivity index is 1.36. The summed E-state index contributed by atoms with van der Waals surface area (Å²) in [5.41, 5.74) is 2.97. The number of ether oxygens (including phenoxy) is 1. The first-order valence-corrected chi connectivity index (χ1v) is 11.5. The molecule has 0 unspecified atom stereocenters. The minimum absolute atomic E-state index is 0.133. The number of aryl methyl sites for hydroxylation is 2. The molecule has 2 aromatic rings. The smallest absolute Gasteiger partial charge is 0.320 e. The lowest BCUT2D eigenvalue weighted by Crippen LogP contribution is -2.36. The van der Waals surface area contributed by atoms with Crippen LogP contribution in [0.15, 0.2) is 30.5 Å². The molecule has 0 bridgehead atoms. The monoisotopic (exact) mass is 453 g/mol. The Kier molecular flexibility index (Phi) is 6.96. The first-order valence-electron chi connectivity index (χ1n) is 11.5. The van der Waals surface area contributed by atoms with Crippen molar-refractivity contribution in [1.29, 1.82) is 0 Å². The first kappa shape index (κ1) is 22.8. The second-order valence-electron chi connectivity index (χ2n) is 8.71. The predicted octanol–water partition coefficient (Wildman–Crippen LogP) is 3.12. The number of rotatable bonds is 9. The van der Waals surface area contributed by atoms with Gasteiger partial charge in [0.05, 0.1) is 19.6 Å². The Bertz CT molecular complexity index is 997. The molecule has 2 aromatic heterocycles. The van der Waals surface area contributed by atoms with Gasteiger partial charge in [-0.2, -0.15) is 0 Å². The third kappa shape index (κ3) is 5.35. The fourth-order valence-electron chi connectivity index (χ4n) is 4.50. The third-order valence-corrected chi connectivity index (χ3v) is 6.35. The Morgan fingerprint density at radius 2 is 2.15 bits per heavy atom. The molecule has 4 heterocycles. The highest BCUT2D eigenvalue weighted by atomic mass is 16.5. The molecular weight excluding hydrogens is 422 g/mol. The second kappa shape index (κ2) is 10.1. The van der Waals surface area contributed by atoms with Crippen molar-refractivity contribution in [2.75, 3.05) is 32.1 Å². The lowest BCUT2D eigenvalue weighted by Gasteiger charge is -2.27. The molecule has 1 saturated heterocycles. The second-order valence-corrected chi connectivity index (χ2v) is 8.71. The Morgan fingerprint density at radius 3 is 2.88 bits per heavy atom. The maximum atomic E-state index is 13.1. The molecule has 9 nitrogen and oxygen atoms in total. The molecule has 0 radical (unpaired) electrons. The van der Waals surface area contributed by atoms with Gasteiger partial charge < -0.3 is 25.0 Å². The lowest BCUT2D eigenvalue weighted by molar-refractivity contribution is -0.138. The highest BCUT2D eigenvalue weighted by Gasteiger charge is 2.35. The normalized spacial score (nSPS) is 18.6. The zero-order valence-electron chi connectivity index (χ0n) is 19.2. The van der Waals surface area contributed by atoms with E-state index in [4.69, 9.17) is 9.72 Å². The third-order valence-electron chi connectivity index (χ3n) is 6.35. The molecule has 0 aliphatic carbocycles. The molecule has 176 valence electrons. The SMILES string of the molecule is COc1ccc([C@H](CC(=O)O)N2CCN(CCCc3ccc4c(n3)N[C@@H](C)CC4)C2=O)cn1. The molecule has 9 heteroatoms. The number of hydrogen-bond donors (Lipinski definition) is 2. The van der Waals surface area contributed by atoms with E-state index in [0.717, 1.165) is 37.2 Å². The fraction of sp³-hybridized carbons (Fsp3) is 0.500. The van der Waals surface area contributed by atoms with E-state index >= 15 is 0 Å². The number of fused-ring (bicyclic) bond motifs is 1. The number of methoxy groups -OCH3 is 1. The number of carbonyl (C=O) groups excluding carboxylic acids is 1. The molecule has 0 aromatic carbocycles. The van der Waals surface area contributed by atoms with Gasteiger partial charge in [-0.3, -0.25) is 4.79 Å². The molecule has 2 aliphatic rings. The summed E-state index contributed by atoms with van der Waals surface area (Å²) in [5.74, 6) is 0.477. The highest BCUT2D eigenvalue weighted by Crippen LogP contribution is 2.29. The predicted molar refractivity (Wildman–Crippen MR) is 123 cm³/mol. The fourth-order valence-corrected chi connectivity index (χ4v) is 4.50. The summed E-state index contributed by atoms with van der Waals surface area (Å²) in [6.45, 7) is 3.84. The van der Waals surface area contributed by atoms with Crippen molar-refractivity contribution in [1.82, 2.24) is 19.8 Å². The van der Waals surface area contributed by atoms with Crippen LogP contribution in [-0.2, 0) is 17.6 Å². The minimum Gasteiger partial charge on any atom is -0.481 e. The number of amides is 2. The molecule has 2 aliphatic heterocycles. The van der Waals surface area contributed by atoms with Crippen molar-refractivity contribution in [3.05, 3.63) is 47.3 Å². The van der Waals surface area contributed by atoms with Crippen LogP contribution in [-0.4, -0.2) is 69.7 Å². The van der Waals surface area contributed by atoms with E-state index in [9.17, 15) is 14.7 Å². The highest BCUT2D eigenvalue weighted by molar-refractivity contribution is 5.78. The van der Waals surface area contributed by atoms with E-state index in [1.54, 1.807) is 28.1 Å². The number of aliphatic carboxylic acids is 1. The summed E-state index contributed by atoms with van der Waals surface area (Å²) in [6, 6.07) is 7.43. The molecule has 2 amide bonds. The van der Waals surface area contributed by atoms with Gasteiger partial charge in [0.25, 0.3) is 0 Å². The van der Waals surface area contributed by atoms with Gasteiger partial charge in [-0.15, -0.1) is 0 Å². The van der Waals surface area contributed by atoms with Gasteiger partial charge in [-0.05, 0) is 49.8 Å². The van der Waals surface area contributed by atoms with E-state index in [1.807, 2.05) is 0 Å². The summed E-state index contributed by atoms with van der Waals surface area (Å²) in [7, 11) is 1.52. The number of carbonyl (C=O) groups is 2. The summed E-state index contributed by atoms with van der Waals surface area (Å²) < 4.78 is 5.09. The molecule has 0 saturated carbocycles. The zero-order chi connectivity index (χ0) is 23.4. The van der Waals surface area contributed by atoms with Gasteiger partial charge in [0.2, 0.25) is 5.88 Å². The summed E-state index contributed by atoms with van der Waals surface area (Å²) in [6.07, 6.45) is 5.17. The number of anilines is 1. The van der Waals surface area contributed by atoms with Crippen molar-refractivity contribution in [2.45, 2.75) is 51.1 Å². The van der Waals surface area contributed by atoms with Crippen LogP contribution in [0.1, 0.15) is 49.0 Å². The number of nitrogens with one attached hydrogen (secondary N) is 1. The van der Waals surface area contributed by atoms with Crippen LogP contribution in [0.2, 0.25) is 0 Å². The van der Waals surface area contributed by atoms with Crippen LogP contribution < -0.4 is 10.1 Å². The van der Waals surface area contributed by atoms with Crippen LogP contribution in [0.5, 0.6) is 5.88 Å². The summed E-state index contributed by atoms with van der Waals surface area (Å²) >= 11 is 0. The molecule has 1 fully saturated rings. The van der Waals surface area contributed by atoms with Crippen LogP contribution >= 0.6 is 0 Å². The average Bonchev–Trinajstić information content (AvgIpc) is 3.17. The lowest BCUT2D eigenvalue weighted by atomic mass is 10.0. The number of carboxylic acids is 1. The van der Waals surface area contributed by atoms with Crippen molar-refractivity contribution < 1.29 is 19.4 Å². The molecule has 2 atom stereocenters. The maximum Gasteiger partial charge on any atom is 0.320 e. The first-order chi connectivity index (χ1) is 15.9. The van der Waals surface area contributed by atoms with Gasteiger partial charge in [0, 0.05) is 43.6 Å². The largest absolute Gasteiger partial charge is 0.481 e. The minimum atomic E-state index is -0.955. The Labute approximate surface area is 193 Å². The van der Waals surface area contributed by atoms with Crippen molar-refractivity contribution >= 4 is 17.8 Å². The van der Waals surface area contributed by atoms with E-state index < -0.39 is 12.0 Å². The molecule has 0 spiro atoms. The molecule has 4 rings (SSSR count). The summed E-state index contributed by atoms with van der Waals surface area (Å²) in [5, 5.41) is 12.9. The number of carboxylic acid groups (broad SMARTS) is 1. The number of urea groups is 1. The quantitative estimate of drug-likeness (QED) is 0.601. The van der Waals surface area contributed by atoms with E-state index in [1.165, 1.54) is 12.7 Å². The average molecular weight is 454 g/mol. The summed E-state index contributed by atoms with van der Waals surface area (Å²) in [4.78, 5) is 37.0. The van der Waals surface area contributed by atoms with Gasteiger partial charge in [0.15, 0.2) is 0 Å². The van der Waals surface area contributed by atoms with Crippen molar-refractivity contribution in [3.8, 4) is 5.88 Å². The van der Waals surface area contributed by atoms with Crippen LogP contribution in [0, 0.1) is 0 Å². The zero-order valence-corrected chi connectivity index (χ0v) is 19.2. The van der Waals surface area contributed by atoms with Gasteiger partial charge >= 0.3 is 12.0 Å².